The van der Waals surface area contributed by atoms with Crippen molar-refractivity contribution in [3.63, 3.8) is 0 Å². The van der Waals surface area contributed by atoms with Crippen LogP contribution in [0.5, 0.6) is 0 Å². The maximum Gasteiger partial charge on any atom is 0.404 e. The van der Waals surface area contributed by atoms with Crippen molar-refractivity contribution in [3.8, 4) is 0 Å². The molecule has 0 aliphatic heterocycles. The van der Waals surface area contributed by atoms with Crippen molar-refractivity contribution in [3.05, 3.63) is 0 Å². The summed E-state index contributed by atoms with van der Waals surface area (Å²) in [4.78, 5) is 10.2. The van der Waals surface area contributed by atoms with Crippen molar-refractivity contribution in [1.82, 2.24) is 5.32 Å². The van der Waals surface area contributed by atoms with E-state index in [0.29, 0.717) is 12.8 Å². The summed E-state index contributed by atoms with van der Waals surface area (Å²) in [6.45, 7) is 0. The average molecular weight is 176 g/mol. The van der Waals surface area contributed by atoms with Crippen LogP contribution in [0, 0.1) is 0 Å². The summed E-state index contributed by atoms with van der Waals surface area (Å²) >= 11 is 0. The van der Waals surface area contributed by atoms with Gasteiger partial charge in [-0.1, -0.05) is 0 Å². The molecule has 4 N–H and O–H groups in total. The Morgan fingerprint density at radius 1 is 1.58 bits per heavy atom. The zero-order valence-electron chi connectivity index (χ0n) is 6.66. The Bertz CT molecular complexity index is 177. The van der Waals surface area contributed by atoms with Crippen LogP contribution in [-0.2, 0) is 0 Å². The van der Waals surface area contributed by atoms with Gasteiger partial charge in [-0.05, 0) is 19.3 Å². The van der Waals surface area contributed by atoms with Gasteiger partial charge in [-0.2, -0.15) is 0 Å². The highest BCUT2D eigenvalue weighted by atomic mass is 19.1. The third-order valence-electron chi connectivity index (χ3n) is 2.12. The number of carbonyl (C=O) groups is 1. The largest absolute Gasteiger partial charge is 0.465 e. The fourth-order valence-corrected chi connectivity index (χ4v) is 1.47. The van der Waals surface area contributed by atoms with Gasteiger partial charge in [0.05, 0.1) is 6.04 Å². The van der Waals surface area contributed by atoms with Gasteiger partial charge in [-0.25, -0.2) is 9.18 Å². The van der Waals surface area contributed by atoms with E-state index in [1.165, 1.54) is 0 Å². The second-order valence-electron chi connectivity index (χ2n) is 3.15. The second-order valence-corrected chi connectivity index (χ2v) is 3.15. The van der Waals surface area contributed by atoms with Crippen LogP contribution >= 0.6 is 0 Å². The minimum atomic E-state index is -1.17. The van der Waals surface area contributed by atoms with E-state index in [-0.39, 0.29) is 12.5 Å². The van der Waals surface area contributed by atoms with Gasteiger partial charge in [-0.3, -0.25) is 0 Å². The first-order valence-electron chi connectivity index (χ1n) is 3.98. The lowest BCUT2D eigenvalue weighted by Crippen LogP contribution is -2.47. The van der Waals surface area contributed by atoms with Crippen LogP contribution in [0.25, 0.3) is 0 Å². The molecule has 1 aliphatic rings. The molecule has 0 aromatic rings. The number of rotatable bonds is 1. The molecule has 1 rings (SSSR count). The molecule has 1 saturated carbocycles. The third-order valence-corrected chi connectivity index (χ3v) is 2.12. The van der Waals surface area contributed by atoms with Crippen LogP contribution in [0.15, 0.2) is 0 Å². The first-order valence-corrected chi connectivity index (χ1v) is 3.98. The molecule has 5 heteroatoms. The minimum Gasteiger partial charge on any atom is -0.465 e. The van der Waals surface area contributed by atoms with E-state index in [1.807, 2.05) is 0 Å². The molecule has 0 unspecified atom stereocenters. The van der Waals surface area contributed by atoms with Gasteiger partial charge in [0.15, 0.2) is 0 Å². The maximum absolute atomic E-state index is 13.1. The third kappa shape index (κ3) is 2.34. The average Bonchev–Trinajstić information content (AvgIpc) is 1.94. The molecule has 0 saturated heterocycles. The number of hydrogen-bond donors (Lipinski definition) is 3. The molecule has 70 valence electrons. The number of carboxylic acid groups (broad SMARTS) is 1. The van der Waals surface area contributed by atoms with Crippen LogP contribution in [0.1, 0.15) is 19.3 Å². The summed E-state index contributed by atoms with van der Waals surface area (Å²) in [6.07, 6.45) is -0.867. The Hall–Kier alpha value is -0.840. The highest BCUT2D eigenvalue weighted by Crippen LogP contribution is 2.20. The quantitative estimate of drug-likeness (QED) is 0.543. The predicted molar refractivity (Wildman–Crippen MR) is 41.7 cm³/mol. The Morgan fingerprint density at radius 2 is 2.25 bits per heavy atom. The zero-order chi connectivity index (χ0) is 9.14. The summed E-state index contributed by atoms with van der Waals surface area (Å²) in [6, 6.07) is -0.686. The predicted octanol–water partition coefficient (Wildman–Crippen LogP) is 0.472. The molecule has 3 atom stereocenters. The lowest BCUT2D eigenvalue weighted by molar-refractivity contribution is 0.150. The summed E-state index contributed by atoms with van der Waals surface area (Å²) in [7, 11) is 0. The number of amides is 1. The second kappa shape index (κ2) is 3.71. The Morgan fingerprint density at radius 3 is 2.75 bits per heavy atom. The number of nitrogens with two attached hydrogens (primary N) is 1. The lowest BCUT2D eigenvalue weighted by Gasteiger charge is -2.29. The number of nitrogens with one attached hydrogen (secondary N) is 1. The number of alkyl halides is 1. The Balaban J connectivity index is 2.39. The van der Waals surface area contributed by atoms with Crippen molar-refractivity contribution in [2.24, 2.45) is 5.73 Å². The van der Waals surface area contributed by atoms with Crippen molar-refractivity contribution >= 4 is 6.09 Å². The van der Waals surface area contributed by atoms with Crippen LogP contribution < -0.4 is 11.1 Å². The smallest absolute Gasteiger partial charge is 0.404 e. The van der Waals surface area contributed by atoms with Gasteiger partial charge in [-0.15, -0.1) is 0 Å². The van der Waals surface area contributed by atoms with E-state index in [4.69, 9.17) is 10.8 Å². The van der Waals surface area contributed by atoms with Gasteiger partial charge in [0.25, 0.3) is 0 Å². The summed E-state index contributed by atoms with van der Waals surface area (Å²) < 4.78 is 13.1. The van der Waals surface area contributed by atoms with Crippen LogP contribution in [0.3, 0.4) is 0 Å². The molecule has 1 amide bonds. The van der Waals surface area contributed by atoms with Crippen LogP contribution in [0.2, 0.25) is 0 Å². The topological polar surface area (TPSA) is 75.3 Å². The molecule has 12 heavy (non-hydrogen) atoms. The van der Waals surface area contributed by atoms with Crippen molar-refractivity contribution in [1.29, 1.82) is 0 Å². The summed E-state index contributed by atoms with van der Waals surface area (Å²) in [5.74, 6) is 0. The van der Waals surface area contributed by atoms with Crippen molar-refractivity contribution in [2.75, 3.05) is 0 Å². The SMILES string of the molecule is N[C@@H]1CC[C@@H](NC(=O)O)[C@@H](F)C1. The Labute approximate surface area is 69.9 Å². The van der Waals surface area contributed by atoms with E-state index in [2.05, 4.69) is 5.32 Å². The Kier molecular flexibility index (Phi) is 2.86. The standard InChI is InChI=1S/C7H13FN2O2/c8-5-3-4(9)1-2-6(5)10-7(11)12/h4-6,10H,1-3,9H2,(H,11,12)/t4-,5+,6-/m1/s1. The van der Waals surface area contributed by atoms with E-state index in [9.17, 15) is 9.18 Å². The number of halogens is 1. The normalized spacial score (nSPS) is 36.0. The molecule has 0 bridgehead atoms. The summed E-state index contributed by atoms with van der Waals surface area (Å²) in [5.41, 5.74) is 5.50. The van der Waals surface area contributed by atoms with E-state index >= 15 is 0 Å². The first kappa shape index (κ1) is 9.25. The van der Waals surface area contributed by atoms with Crippen LogP contribution in [-0.4, -0.2) is 29.5 Å². The lowest BCUT2D eigenvalue weighted by atomic mass is 9.90. The molecule has 4 nitrogen and oxygen atoms in total. The zero-order valence-corrected chi connectivity index (χ0v) is 6.66. The highest BCUT2D eigenvalue weighted by molar-refractivity contribution is 5.64. The maximum atomic E-state index is 13.1. The minimum absolute atomic E-state index is 0.119. The van der Waals surface area contributed by atoms with Crippen molar-refractivity contribution in [2.45, 2.75) is 37.5 Å². The summed E-state index contributed by atoms with van der Waals surface area (Å²) in [5, 5.41) is 10.5. The fourth-order valence-electron chi connectivity index (χ4n) is 1.47. The highest BCUT2D eigenvalue weighted by Gasteiger charge is 2.29. The van der Waals surface area contributed by atoms with E-state index in [0.717, 1.165) is 0 Å². The van der Waals surface area contributed by atoms with Gasteiger partial charge < -0.3 is 16.2 Å². The first-order chi connectivity index (χ1) is 5.59. The molecular weight excluding hydrogens is 163 g/mol. The van der Waals surface area contributed by atoms with Gasteiger partial charge >= 0.3 is 6.09 Å². The molecule has 0 aromatic carbocycles. The number of hydrogen-bond acceptors (Lipinski definition) is 2. The fraction of sp³-hybridized carbons (Fsp3) is 0.857. The molecule has 0 radical (unpaired) electrons. The van der Waals surface area contributed by atoms with Crippen LogP contribution in [0.4, 0.5) is 9.18 Å². The van der Waals surface area contributed by atoms with Gasteiger partial charge in [0.1, 0.15) is 6.17 Å². The van der Waals surface area contributed by atoms with Gasteiger partial charge in [0.2, 0.25) is 0 Å². The molecular formula is C7H13FN2O2. The molecule has 0 spiro atoms. The van der Waals surface area contributed by atoms with Crippen molar-refractivity contribution < 1.29 is 14.3 Å². The molecule has 0 aromatic heterocycles. The monoisotopic (exact) mass is 176 g/mol. The molecule has 1 fully saturated rings. The van der Waals surface area contributed by atoms with E-state index < -0.39 is 18.3 Å². The molecule has 1 aliphatic carbocycles. The van der Waals surface area contributed by atoms with E-state index in [1.54, 1.807) is 0 Å². The van der Waals surface area contributed by atoms with Gasteiger partial charge in [0, 0.05) is 6.04 Å². The molecule has 0 heterocycles.